The minimum absolute atomic E-state index is 0.0614. The minimum atomic E-state index is -0.176. The molecule has 0 aliphatic heterocycles. The van der Waals surface area contributed by atoms with Crippen molar-refractivity contribution in [1.29, 1.82) is 0 Å². The summed E-state index contributed by atoms with van der Waals surface area (Å²) in [4.78, 5) is 23.2. The average Bonchev–Trinajstić information content (AvgIpc) is 3.57. The molecule has 0 unspecified atom stereocenters. The summed E-state index contributed by atoms with van der Waals surface area (Å²) < 4.78 is 21.3. The first-order valence-corrected chi connectivity index (χ1v) is 8.96. The molecule has 4 rings (SSSR count). The third-order valence-corrected chi connectivity index (χ3v) is 4.27. The van der Waals surface area contributed by atoms with E-state index >= 15 is 0 Å². The van der Waals surface area contributed by atoms with Gasteiger partial charge in [0.15, 0.2) is 0 Å². The Morgan fingerprint density at radius 2 is 0.963 bits per heavy atom. The van der Waals surface area contributed by atoms with E-state index < -0.39 is 0 Å². The molecule has 2 aliphatic carbocycles. The van der Waals surface area contributed by atoms with E-state index in [0.29, 0.717) is 23.0 Å². The SMILES string of the molecule is O=C(Oc1ccc(O[B]Oc2ccc(OC(=O)C3CC3)cc2)cc1)C1CC1. The first kappa shape index (κ1) is 17.5. The molecule has 0 bridgehead atoms. The Labute approximate surface area is 157 Å². The summed E-state index contributed by atoms with van der Waals surface area (Å²) in [7, 11) is 1.20. The largest absolute Gasteiger partial charge is 0.658 e. The van der Waals surface area contributed by atoms with Gasteiger partial charge in [0.2, 0.25) is 0 Å². The van der Waals surface area contributed by atoms with Gasteiger partial charge in [0.05, 0.1) is 11.8 Å². The Bertz CT molecular complexity index is 740. The second-order valence-electron chi connectivity index (χ2n) is 6.67. The fraction of sp³-hybridized carbons (Fsp3) is 0.300. The van der Waals surface area contributed by atoms with Crippen molar-refractivity contribution in [2.45, 2.75) is 25.7 Å². The maximum absolute atomic E-state index is 11.6. The highest BCUT2D eigenvalue weighted by atomic mass is 16.6. The van der Waals surface area contributed by atoms with Crippen LogP contribution in [-0.4, -0.2) is 19.6 Å². The molecular weight excluding hydrogens is 347 g/mol. The van der Waals surface area contributed by atoms with Crippen LogP contribution in [0.1, 0.15) is 25.7 Å². The molecule has 2 aromatic carbocycles. The van der Waals surface area contributed by atoms with Gasteiger partial charge in [-0.25, -0.2) is 0 Å². The van der Waals surface area contributed by atoms with Crippen LogP contribution in [0.4, 0.5) is 0 Å². The van der Waals surface area contributed by atoms with E-state index in [2.05, 4.69) is 0 Å². The molecule has 2 aliphatic rings. The Hall–Kier alpha value is -2.96. The zero-order valence-corrected chi connectivity index (χ0v) is 14.6. The molecule has 0 heterocycles. The normalized spacial score (nSPS) is 15.6. The molecule has 27 heavy (non-hydrogen) atoms. The van der Waals surface area contributed by atoms with Crippen LogP contribution in [0.15, 0.2) is 48.5 Å². The van der Waals surface area contributed by atoms with Gasteiger partial charge in [-0.2, -0.15) is 0 Å². The summed E-state index contributed by atoms with van der Waals surface area (Å²) in [5.41, 5.74) is 0. The Morgan fingerprint density at radius 3 is 1.30 bits per heavy atom. The molecule has 0 N–H and O–H groups in total. The van der Waals surface area contributed by atoms with Crippen molar-refractivity contribution in [2.75, 3.05) is 0 Å². The number of hydrogen-bond donors (Lipinski definition) is 0. The monoisotopic (exact) mass is 365 g/mol. The molecule has 6 nitrogen and oxygen atoms in total. The van der Waals surface area contributed by atoms with Crippen molar-refractivity contribution in [1.82, 2.24) is 0 Å². The van der Waals surface area contributed by atoms with E-state index in [-0.39, 0.29) is 23.8 Å². The highest BCUT2D eigenvalue weighted by Gasteiger charge is 2.32. The number of carbonyl (C=O) groups excluding carboxylic acids is 2. The van der Waals surface area contributed by atoms with E-state index in [4.69, 9.17) is 18.8 Å². The van der Waals surface area contributed by atoms with Crippen LogP contribution in [0.5, 0.6) is 23.0 Å². The lowest BCUT2D eigenvalue weighted by Gasteiger charge is -2.08. The van der Waals surface area contributed by atoms with Crippen molar-refractivity contribution < 1.29 is 28.4 Å². The van der Waals surface area contributed by atoms with Gasteiger partial charge in [-0.3, -0.25) is 9.59 Å². The standard InChI is InChI=1S/C20H18BO6/c22-19(13-1-2-13)24-15-5-9-17(10-6-15)26-21-27-18-11-7-16(8-12-18)25-20(23)14-3-4-14/h5-14H,1-4H2. The van der Waals surface area contributed by atoms with Gasteiger partial charge >= 0.3 is 19.6 Å². The van der Waals surface area contributed by atoms with Crippen LogP contribution in [0.2, 0.25) is 0 Å². The zero-order chi connectivity index (χ0) is 18.6. The Balaban J connectivity index is 1.20. The van der Waals surface area contributed by atoms with Crippen molar-refractivity contribution in [3.63, 3.8) is 0 Å². The molecule has 2 fully saturated rings. The van der Waals surface area contributed by atoms with Gasteiger partial charge in [-0.05, 0) is 74.2 Å². The Kier molecular flexibility index (Phi) is 5.00. The number of benzene rings is 2. The number of hydrogen-bond acceptors (Lipinski definition) is 6. The van der Waals surface area contributed by atoms with Crippen molar-refractivity contribution >= 4 is 19.6 Å². The third kappa shape index (κ3) is 5.03. The molecule has 2 aromatic rings. The third-order valence-electron chi connectivity index (χ3n) is 4.27. The summed E-state index contributed by atoms with van der Waals surface area (Å²) >= 11 is 0. The number of ether oxygens (including phenoxy) is 2. The van der Waals surface area contributed by atoms with Crippen LogP contribution in [-0.2, 0) is 9.59 Å². The molecule has 0 saturated heterocycles. The van der Waals surface area contributed by atoms with Crippen molar-refractivity contribution in [2.24, 2.45) is 11.8 Å². The van der Waals surface area contributed by atoms with Gasteiger partial charge in [0.25, 0.3) is 0 Å². The van der Waals surface area contributed by atoms with Gasteiger partial charge in [-0.1, -0.05) is 0 Å². The maximum Gasteiger partial charge on any atom is 0.658 e. The summed E-state index contributed by atoms with van der Waals surface area (Å²) in [6.45, 7) is 0. The van der Waals surface area contributed by atoms with Gasteiger partial charge in [0, 0.05) is 0 Å². The van der Waals surface area contributed by atoms with E-state index in [1.807, 2.05) is 0 Å². The molecule has 1 radical (unpaired) electrons. The molecule has 2 saturated carbocycles. The van der Waals surface area contributed by atoms with Crippen LogP contribution in [0.25, 0.3) is 0 Å². The average molecular weight is 365 g/mol. The fourth-order valence-electron chi connectivity index (χ4n) is 2.34. The second kappa shape index (κ2) is 7.74. The van der Waals surface area contributed by atoms with Gasteiger partial charge in [0.1, 0.15) is 23.0 Å². The second-order valence-corrected chi connectivity index (χ2v) is 6.67. The molecule has 137 valence electrons. The predicted molar refractivity (Wildman–Crippen MR) is 96.6 cm³/mol. The van der Waals surface area contributed by atoms with Crippen LogP contribution in [0, 0.1) is 11.8 Å². The summed E-state index contributed by atoms with van der Waals surface area (Å²) in [5.74, 6) is 1.87. The minimum Gasteiger partial charge on any atom is -0.526 e. The quantitative estimate of drug-likeness (QED) is 0.406. The summed E-state index contributed by atoms with van der Waals surface area (Å²) in [6.07, 6.45) is 3.65. The maximum atomic E-state index is 11.6. The zero-order valence-electron chi connectivity index (χ0n) is 14.6. The lowest BCUT2D eigenvalue weighted by Crippen LogP contribution is -2.12. The number of carbonyl (C=O) groups is 2. The topological polar surface area (TPSA) is 71.1 Å². The first-order chi connectivity index (χ1) is 13.2. The van der Waals surface area contributed by atoms with E-state index in [1.165, 1.54) is 7.69 Å². The van der Waals surface area contributed by atoms with Crippen LogP contribution < -0.4 is 18.8 Å². The smallest absolute Gasteiger partial charge is 0.526 e. The fourth-order valence-corrected chi connectivity index (χ4v) is 2.34. The molecular formula is C20H18BO6. The molecule has 0 aromatic heterocycles. The first-order valence-electron chi connectivity index (χ1n) is 8.96. The van der Waals surface area contributed by atoms with E-state index in [1.54, 1.807) is 48.5 Å². The molecule has 0 amide bonds. The molecule has 0 atom stereocenters. The van der Waals surface area contributed by atoms with E-state index in [9.17, 15) is 9.59 Å². The number of esters is 2. The molecule has 7 heteroatoms. The lowest BCUT2D eigenvalue weighted by molar-refractivity contribution is -0.136. The number of rotatable bonds is 8. The summed E-state index contributed by atoms with van der Waals surface area (Å²) in [5, 5.41) is 0. The highest BCUT2D eigenvalue weighted by molar-refractivity contribution is 6.20. The van der Waals surface area contributed by atoms with Crippen LogP contribution in [0.3, 0.4) is 0 Å². The van der Waals surface area contributed by atoms with Crippen LogP contribution >= 0.6 is 0 Å². The molecule has 0 spiro atoms. The van der Waals surface area contributed by atoms with Crippen molar-refractivity contribution in [3.05, 3.63) is 48.5 Å². The van der Waals surface area contributed by atoms with Gasteiger partial charge < -0.3 is 18.8 Å². The lowest BCUT2D eigenvalue weighted by atomic mass is 10.2. The summed E-state index contributed by atoms with van der Waals surface area (Å²) in [6, 6.07) is 13.5. The predicted octanol–water partition coefficient (Wildman–Crippen LogP) is 3.31. The van der Waals surface area contributed by atoms with Gasteiger partial charge in [-0.15, -0.1) is 0 Å². The van der Waals surface area contributed by atoms with Crippen molar-refractivity contribution in [3.8, 4) is 23.0 Å². The van der Waals surface area contributed by atoms with E-state index in [0.717, 1.165) is 25.7 Å². The Morgan fingerprint density at radius 1 is 0.630 bits per heavy atom. The highest BCUT2D eigenvalue weighted by Crippen LogP contribution is 2.32.